The highest BCUT2D eigenvalue weighted by Crippen LogP contribution is 2.38. The Labute approximate surface area is 140 Å². The molecule has 0 aliphatic heterocycles. The predicted molar refractivity (Wildman–Crippen MR) is 89.4 cm³/mol. The van der Waals surface area contributed by atoms with Crippen LogP contribution in [0.1, 0.15) is 21.6 Å². The number of hydrogen-bond donors (Lipinski definition) is 2. The lowest BCUT2D eigenvalue weighted by Crippen LogP contribution is -2.25. The number of H-pyrrole nitrogens is 1. The first-order valence-electron chi connectivity index (χ1n) is 7.35. The van der Waals surface area contributed by atoms with Crippen LogP contribution in [0.25, 0.3) is 0 Å². The summed E-state index contributed by atoms with van der Waals surface area (Å²) in [5.41, 5.74) is 8.07. The maximum Gasteiger partial charge on any atom is 0.275 e. The van der Waals surface area contributed by atoms with Crippen LogP contribution in [-0.2, 0) is 6.54 Å². The lowest BCUT2D eigenvalue weighted by molar-refractivity contribution is -0.370. The number of methoxy groups -OCH3 is 3. The number of pyridine rings is 1. The van der Waals surface area contributed by atoms with Crippen molar-refractivity contribution < 1.29 is 24.0 Å². The van der Waals surface area contributed by atoms with Crippen LogP contribution in [0.15, 0.2) is 24.3 Å². The predicted octanol–water partition coefficient (Wildman–Crippen LogP) is 1.35. The zero-order valence-corrected chi connectivity index (χ0v) is 14.2. The number of nitrogens with two attached hydrogens (primary N) is 1. The quantitative estimate of drug-likeness (QED) is 0.832. The minimum Gasteiger partial charge on any atom is -0.493 e. The Hall–Kier alpha value is -2.96. The van der Waals surface area contributed by atoms with Gasteiger partial charge in [0.25, 0.3) is 11.7 Å². The average molecular weight is 332 g/mol. The van der Waals surface area contributed by atoms with E-state index in [1.165, 1.54) is 21.3 Å². The highest BCUT2D eigenvalue weighted by atomic mass is 16.5. The van der Waals surface area contributed by atoms with Gasteiger partial charge >= 0.3 is 0 Å². The third kappa shape index (κ3) is 3.68. The van der Waals surface area contributed by atoms with Crippen molar-refractivity contribution in [2.75, 3.05) is 27.1 Å². The van der Waals surface area contributed by atoms with E-state index < -0.39 is 0 Å². The second-order valence-corrected chi connectivity index (χ2v) is 5.18. The van der Waals surface area contributed by atoms with E-state index in [-0.39, 0.29) is 5.91 Å². The lowest BCUT2D eigenvalue weighted by atomic mass is 10.1. The fraction of sp³-hybridized carbons (Fsp3) is 0.294. The van der Waals surface area contributed by atoms with E-state index in [0.29, 0.717) is 35.2 Å². The summed E-state index contributed by atoms with van der Waals surface area (Å²) in [5.74, 6) is 1.54. The number of aromatic nitrogens is 1. The first-order valence-corrected chi connectivity index (χ1v) is 7.35. The third-order valence-electron chi connectivity index (χ3n) is 3.58. The molecule has 1 heterocycles. The van der Waals surface area contributed by atoms with E-state index in [4.69, 9.17) is 19.9 Å². The summed E-state index contributed by atoms with van der Waals surface area (Å²) in [6.45, 7) is 2.22. The van der Waals surface area contributed by atoms with E-state index in [2.05, 4.69) is 10.3 Å². The molecule has 1 aromatic carbocycles. The Morgan fingerprint density at radius 1 is 1.12 bits per heavy atom. The van der Waals surface area contributed by atoms with Crippen LogP contribution in [0.2, 0.25) is 0 Å². The van der Waals surface area contributed by atoms with Crippen molar-refractivity contribution in [2.45, 2.75) is 13.5 Å². The van der Waals surface area contributed by atoms with E-state index in [1.54, 1.807) is 12.1 Å². The van der Waals surface area contributed by atoms with Crippen LogP contribution in [0.5, 0.6) is 17.2 Å². The largest absolute Gasteiger partial charge is 0.493 e. The number of nitrogens with one attached hydrogen (secondary N) is 2. The van der Waals surface area contributed by atoms with E-state index in [9.17, 15) is 4.79 Å². The Balaban J connectivity index is 2.20. The molecule has 2 rings (SSSR count). The molecule has 0 aliphatic carbocycles. The molecular formula is C17H22N3O4+. The molecule has 7 heteroatoms. The number of hydrogen-bond acceptors (Lipinski definition) is 5. The number of benzene rings is 1. The molecule has 1 amide bonds. The molecule has 0 spiro atoms. The highest BCUT2D eigenvalue weighted by molar-refractivity contribution is 5.95. The summed E-state index contributed by atoms with van der Waals surface area (Å²) in [6, 6.07) is 6.97. The van der Waals surface area contributed by atoms with E-state index >= 15 is 0 Å². The van der Waals surface area contributed by atoms with Crippen molar-refractivity contribution in [3.8, 4) is 17.2 Å². The molecule has 0 fully saturated rings. The first kappa shape index (κ1) is 17.4. The zero-order chi connectivity index (χ0) is 17.7. The van der Waals surface area contributed by atoms with Crippen LogP contribution in [-0.4, -0.2) is 27.2 Å². The van der Waals surface area contributed by atoms with Gasteiger partial charge in [-0.15, -0.1) is 0 Å². The number of aromatic amines is 1. The van der Waals surface area contributed by atoms with Gasteiger partial charge in [-0.25, -0.2) is 4.98 Å². The van der Waals surface area contributed by atoms with E-state index in [0.717, 1.165) is 11.3 Å². The molecule has 0 saturated carbocycles. The van der Waals surface area contributed by atoms with Crippen LogP contribution in [0.3, 0.4) is 0 Å². The molecule has 24 heavy (non-hydrogen) atoms. The van der Waals surface area contributed by atoms with Gasteiger partial charge < -0.3 is 19.5 Å². The molecule has 0 bridgehead atoms. The normalized spacial score (nSPS) is 10.2. The number of carbonyl (C=O) groups excluding carboxylic acids is 1. The summed E-state index contributed by atoms with van der Waals surface area (Å²) in [5, 5.41) is 2.82. The number of anilines is 1. The fourth-order valence-electron chi connectivity index (χ4n) is 2.29. The van der Waals surface area contributed by atoms with Crippen molar-refractivity contribution in [2.24, 2.45) is 0 Å². The van der Waals surface area contributed by atoms with Gasteiger partial charge in [-0.05, 0) is 31.2 Å². The summed E-state index contributed by atoms with van der Waals surface area (Å²) >= 11 is 0. The maximum atomic E-state index is 12.4. The number of amides is 1. The highest BCUT2D eigenvalue weighted by Gasteiger charge is 2.17. The van der Waals surface area contributed by atoms with Crippen molar-refractivity contribution in [1.82, 2.24) is 5.32 Å². The van der Waals surface area contributed by atoms with Gasteiger partial charge in [0.2, 0.25) is 5.75 Å². The van der Waals surface area contributed by atoms with Gasteiger partial charge in [0.05, 0.1) is 39.1 Å². The SMILES string of the molecule is COc1cc(C(=O)NCc2ccc(C)[nH+]c2N)cc(OC)c1OC. The van der Waals surface area contributed by atoms with E-state index in [1.807, 2.05) is 19.1 Å². The van der Waals surface area contributed by atoms with Gasteiger partial charge in [-0.1, -0.05) is 0 Å². The maximum absolute atomic E-state index is 12.4. The molecule has 0 saturated heterocycles. The van der Waals surface area contributed by atoms with Crippen molar-refractivity contribution in [1.29, 1.82) is 0 Å². The van der Waals surface area contributed by atoms with Crippen LogP contribution in [0, 0.1) is 6.92 Å². The number of ether oxygens (including phenoxy) is 3. The molecular weight excluding hydrogens is 310 g/mol. The summed E-state index contributed by atoms with van der Waals surface area (Å²) in [4.78, 5) is 15.4. The smallest absolute Gasteiger partial charge is 0.275 e. The standard InChI is InChI=1S/C17H21N3O4/c1-10-5-6-11(16(18)20-10)9-19-17(21)12-7-13(22-2)15(24-4)14(8-12)23-3/h5-8H,9H2,1-4H3,(H2,18,20)(H,19,21)/p+1. The molecule has 0 atom stereocenters. The topological polar surface area (TPSA) is 97.0 Å². The summed E-state index contributed by atoms with van der Waals surface area (Å²) < 4.78 is 15.8. The van der Waals surface area contributed by atoms with Gasteiger partial charge in [-0.2, -0.15) is 0 Å². The molecule has 2 aromatic rings. The molecule has 128 valence electrons. The number of carbonyl (C=O) groups is 1. The lowest BCUT2D eigenvalue weighted by Gasteiger charge is -2.14. The van der Waals surface area contributed by atoms with Crippen LogP contribution < -0.4 is 30.2 Å². The number of aryl methyl sites for hydroxylation is 1. The molecule has 1 aromatic heterocycles. The van der Waals surface area contributed by atoms with Crippen molar-refractivity contribution in [3.63, 3.8) is 0 Å². The summed E-state index contributed by atoms with van der Waals surface area (Å²) in [7, 11) is 4.51. The molecule has 4 N–H and O–H groups in total. The minimum absolute atomic E-state index is 0.269. The number of nitrogen functional groups attached to an aromatic ring is 1. The average Bonchev–Trinajstić information content (AvgIpc) is 2.59. The fourth-order valence-corrected chi connectivity index (χ4v) is 2.29. The van der Waals surface area contributed by atoms with Crippen LogP contribution in [0.4, 0.5) is 5.82 Å². The second kappa shape index (κ2) is 7.54. The monoisotopic (exact) mass is 332 g/mol. The zero-order valence-electron chi connectivity index (χ0n) is 14.2. The second-order valence-electron chi connectivity index (χ2n) is 5.18. The minimum atomic E-state index is -0.269. The molecule has 0 unspecified atom stereocenters. The Morgan fingerprint density at radius 2 is 1.75 bits per heavy atom. The summed E-state index contributed by atoms with van der Waals surface area (Å²) in [6.07, 6.45) is 0. The van der Waals surface area contributed by atoms with Gasteiger partial charge in [0.15, 0.2) is 11.5 Å². The molecule has 0 radical (unpaired) electrons. The van der Waals surface area contributed by atoms with Crippen LogP contribution >= 0.6 is 0 Å². The first-order chi connectivity index (χ1) is 11.5. The Morgan fingerprint density at radius 3 is 2.25 bits per heavy atom. The van der Waals surface area contributed by atoms with Gasteiger partial charge in [0, 0.05) is 5.56 Å². The van der Waals surface area contributed by atoms with Crippen molar-refractivity contribution in [3.05, 3.63) is 41.1 Å². The van der Waals surface area contributed by atoms with Crippen molar-refractivity contribution >= 4 is 11.7 Å². The Bertz CT molecular complexity index is 722. The Kier molecular flexibility index (Phi) is 5.47. The molecule has 0 aliphatic rings. The van der Waals surface area contributed by atoms with Gasteiger partial charge in [0.1, 0.15) is 0 Å². The number of rotatable bonds is 6. The molecule has 7 nitrogen and oxygen atoms in total. The van der Waals surface area contributed by atoms with Gasteiger partial charge in [-0.3, -0.25) is 10.5 Å². The third-order valence-corrected chi connectivity index (χ3v) is 3.58.